The minimum Gasteiger partial charge on any atom is -0.375 e. The van der Waals surface area contributed by atoms with Gasteiger partial charge in [0.25, 0.3) is 0 Å². The van der Waals surface area contributed by atoms with Gasteiger partial charge in [-0.2, -0.15) is 0 Å². The fourth-order valence-electron chi connectivity index (χ4n) is 1.72. The lowest BCUT2D eigenvalue weighted by Crippen LogP contribution is -2.58. The molecule has 1 rings (SSSR count). The van der Waals surface area contributed by atoms with Crippen molar-refractivity contribution >= 4 is 24.2 Å². The third kappa shape index (κ3) is 4.80. The van der Waals surface area contributed by atoms with Gasteiger partial charge in [0, 0.05) is 13.1 Å². The number of nitrogens with one attached hydrogen (secondary N) is 3. The summed E-state index contributed by atoms with van der Waals surface area (Å²) in [6.45, 7) is 7.16. The molecule has 2 amide bonds. The Morgan fingerprint density at radius 3 is 2.72 bits per heavy atom. The summed E-state index contributed by atoms with van der Waals surface area (Å²) in [6.07, 6.45) is -0.176. The molecular formula is C11H22ClN3O3. The fraction of sp³-hybridized carbons (Fsp3) is 0.818. The summed E-state index contributed by atoms with van der Waals surface area (Å²) in [6, 6.07) is -0.918. The van der Waals surface area contributed by atoms with Gasteiger partial charge in [-0.25, -0.2) is 0 Å². The minimum absolute atomic E-state index is 0. The van der Waals surface area contributed by atoms with Crippen LogP contribution < -0.4 is 16.0 Å². The van der Waals surface area contributed by atoms with E-state index in [4.69, 9.17) is 4.74 Å². The van der Waals surface area contributed by atoms with E-state index >= 15 is 0 Å². The summed E-state index contributed by atoms with van der Waals surface area (Å²) in [7, 11) is 0. The molecule has 1 aliphatic heterocycles. The zero-order chi connectivity index (χ0) is 12.8. The van der Waals surface area contributed by atoms with Crippen LogP contribution in [0.25, 0.3) is 0 Å². The number of halogens is 1. The maximum Gasteiger partial charge on any atom is 0.242 e. The molecule has 0 aromatic heterocycles. The standard InChI is InChI=1S/C11H21N3O3.ClH/c1-4-12-10(15)7(2)14-11(16)9-8(3)17-6-5-13-9;/h7-9,13H,4-6H2,1-3H3,(H,12,15)(H,14,16);1H/t7?,8-,9+;/m1./s1. The summed E-state index contributed by atoms with van der Waals surface area (Å²) >= 11 is 0. The van der Waals surface area contributed by atoms with Crippen LogP contribution in [0.3, 0.4) is 0 Å². The number of likely N-dealkylation sites (N-methyl/N-ethyl adjacent to an activating group) is 1. The molecule has 6 nitrogen and oxygen atoms in total. The smallest absolute Gasteiger partial charge is 0.242 e. The number of carbonyl (C=O) groups excluding carboxylic acids is 2. The summed E-state index contributed by atoms with van der Waals surface area (Å²) in [5.41, 5.74) is 0. The second-order valence-corrected chi connectivity index (χ2v) is 4.13. The molecule has 0 radical (unpaired) electrons. The second-order valence-electron chi connectivity index (χ2n) is 4.13. The highest BCUT2D eigenvalue weighted by molar-refractivity contribution is 5.89. The Hall–Kier alpha value is -0.850. The van der Waals surface area contributed by atoms with E-state index in [1.807, 2.05) is 13.8 Å². The molecule has 3 N–H and O–H groups in total. The highest BCUT2D eigenvalue weighted by Crippen LogP contribution is 2.04. The largest absolute Gasteiger partial charge is 0.375 e. The van der Waals surface area contributed by atoms with Gasteiger partial charge in [0.1, 0.15) is 12.1 Å². The van der Waals surface area contributed by atoms with Gasteiger partial charge >= 0.3 is 0 Å². The molecular weight excluding hydrogens is 258 g/mol. The Labute approximate surface area is 114 Å². The Morgan fingerprint density at radius 2 is 2.17 bits per heavy atom. The van der Waals surface area contributed by atoms with Crippen molar-refractivity contribution in [2.24, 2.45) is 0 Å². The monoisotopic (exact) mass is 279 g/mol. The van der Waals surface area contributed by atoms with E-state index in [9.17, 15) is 9.59 Å². The maximum absolute atomic E-state index is 11.9. The number of ether oxygens (including phenoxy) is 1. The molecule has 0 aliphatic carbocycles. The zero-order valence-corrected chi connectivity index (χ0v) is 11.8. The summed E-state index contributed by atoms with van der Waals surface area (Å²) in [5.74, 6) is -0.374. The number of amides is 2. The Morgan fingerprint density at radius 1 is 1.50 bits per heavy atom. The van der Waals surface area contributed by atoms with E-state index in [0.717, 1.165) is 0 Å². The molecule has 0 bridgehead atoms. The van der Waals surface area contributed by atoms with E-state index in [1.54, 1.807) is 6.92 Å². The Bertz CT molecular complexity index is 289. The van der Waals surface area contributed by atoms with Crippen LogP contribution in [0, 0.1) is 0 Å². The van der Waals surface area contributed by atoms with Gasteiger partial charge in [0.2, 0.25) is 11.8 Å². The highest BCUT2D eigenvalue weighted by Gasteiger charge is 2.29. The molecule has 1 unspecified atom stereocenters. The summed E-state index contributed by atoms with van der Waals surface area (Å²) in [4.78, 5) is 23.4. The van der Waals surface area contributed by atoms with Gasteiger partial charge in [0.05, 0.1) is 12.7 Å². The van der Waals surface area contributed by atoms with Crippen molar-refractivity contribution in [2.75, 3.05) is 19.7 Å². The lowest BCUT2D eigenvalue weighted by Gasteiger charge is -2.30. The van der Waals surface area contributed by atoms with Gasteiger partial charge < -0.3 is 20.7 Å². The average Bonchev–Trinajstić information content (AvgIpc) is 2.29. The first kappa shape index (κ1) is 17.2. The number of hydrogen-bond acceptors (Lipinski definition) is 4. The van der Waals surface area contributed by atoms with Crippen molar-refractivity contribution in [3.8, 4) is 0 Å². The van der Waals surface area contributed by atoms with Crippen LogP contribution >= 0.6 is 12.4 Å². The lowest BCUT2D eigenvalue weighted by molar-refractivity contribution is -0.133. The van der Waals surface area contributed by atoms with Crippen LogP contribution in [-0.4, -0.2) is 49.7 Å². The van der Waals surface area contributed by atoms with Crippen molar-refractivity contribution in [1.29, 1.82) is 0 Å². The first-order valence-electron chi connectivity index (χ1n) is 5.99. The summed E-state index contributed by atoms with van der Waals surface area (Å²) < 4.78 is 5.38. The van der Waals surface area contributed by atoms with Crippen LogP contribution in [0.4, 0.5) is 0 Å². The van der Waals surface area contributed by atoms with Crippen molar-refractivity contribution < 1.29 is 14.3 Å². The minimum atomic E-state index is -0.529. The van der Waals surface area contributed by atoms with E-state index in [1.165, 1.54) is 0 Å². The average molecular weight is 280 g/mol. The Balaban J connectivity index is 0.00000289. The molecule has 0 saturated carbocycles. The molecule has 0 aromatic rings. The van der Waals surface area contributed by atoms with Crippen molar-refractivity contribution in [2.45, 2.75) is 39.0 Å². The molecule has 7 heteroatoms. The molecule has 0 spiro atoms. The van der Waals surface area contributed by atoms with Crippen molar-refractivity contribution in [3.63, 3.8) is 0 Å². The van der Waals surface area contributed by atoms with Crippen LogP contribution in [0.15, 0.2) is 0 Å². The normalized spacial score (nSPS) is 24.6. The predicted octanol–water partition coefficient (Wildman–Crippen LogP) is -0.574. The first-order chi connectivity index (χ1) is 8.06. The van der Waals surface area contributed by atoms with Crippen LogP contribution in [0.1, 0.15) is 20.8 Å². The number of rotatable bonds is 4. The predicted molar refractivity (Wildman–Crippen MR) is 70.7 cm³/mol. The first-order valence-corrected chi connectivity index (χ1v) is 5.99. The van der Waals surface area contributed by atoms with E-state index < -0.39 is 6.04 Å². The second kappa shape index (κ2) is 8.29. The summed E-state index contributed by atoms with van der Waals surface area (Å²) in [5, 5.41) is 8.41. The lowest BCUT2D eigenvalue weighted by atomic mass is 10.1. The molecule has 1 heterocycles. The molecule has 0 aromatic carbocycles. The van der Waals surface area contributed by atoms with E-state index in [2.05, 4.69) is 16.0 Å². The molecule has 18 heavy (non-hydrogen) atoms. The third-order valence-corrected chi connectivity index (χ3v) is 2.70. The number of morpholine rings is 1. The Kier molecular flexibility index (Phi) is 7.90. The fourth-order valence-corrected chi connectivity index (χ4v) is 1.72. The molecule has 106 valence electrons. The van der Waals surface area contributed by atoms with Gasteiger partial charge in [-0.15, -0.1) is 12.4 Å². The maximum atomic E-state index is 11.9. The van der Waals surface area contributed by atoms with Crippen molar-refractivity contribution in [3.05, 3.63) is 0 Å². The number of carbonyl (C=O) groups is 2. The molecule has 3 atom stereocenters. The highest BCUT2D eigenvalue weighted by atomic mass is 35.5. The molecule has 1 fully saturated rings. The van der Waals surface area contributed by atoms with Crippen molar-refractivity contribution in [1.82, 2.24) is 16.0 Å². The van der Waals surface area contributed by atoms with E-state index in [0.29, 0.717) is 19.7 Å². The van der Waals surface area contributed by atoms with Crippen LogP contribution in [0.2, 0.25) is 0 Å². The zero-order valence-electron chi connectivity index (χ0n) is 11.0. The van der Waals surface area contributed by atoms with Gasteiger partial charge in [-0.1, -0.05) is 0 Å². The third-order valence-electron chi connectivity index (χ3n) is 2.70. The van der Waals surface area contributed by atoms with Gasteiger partial charge in [-0.05, 0) is 20.8 Å². The SMILES string of the molecule is CCNC(=O)C(C)NC(=O)[C@H]1NCCO[C@@H]1C.Cl. The van der Waals surface area contributed by atoms with Crippen LogP contribution in [0.5, 0.6) is 0 Å². The van der Waals surface area contributed by atoms with Gasteiger partial charge in [0.15, 0.2) is 0 Å². The number of hydrogen-bond donors (Lipinski definition) is 3. The molecule has 1 saturated heterocycles. The quantitative estimate of drug-likeness (QED) is 0.644. The van der Waals surface area contributed by atoms with Crippen LogP contribution in [-0.2, 0) is 14.3 Å². The molecule has 1 aliphatic rings. The van der Waals surface area contributed by atoms with E-state index in [-0.39, 0.29) is 36.4 Å². The van der Waals surface area contributed by atoms with Gasteiger partial charge in [-0.3, -0.25) is 9.59 Å². The topological polar surface area (TPSA) is 79.5 Å².